The molecule has 2 atom stereocenters. The molecule has 0 spiro atoms. The van der Waals surface area contributed by atoms with Gasteiger partial charge in [0.15, 0.2) is 5.82 Å². The molecule has 1 aliphatic rings. The standard InChI is InChI=1S/C29H42F3N3/c1-4-6-8-9-10-11-12-14-24-16-15-23-18-25(35-27(30)26(23)29(24,31)32)28-33-19-22(20-34-28)17-21(3)13-7-5-2/h18-21,24H,4-17H2,1-3H3. The molecule has 3 rings (SSSR count). The fourth-order valence-electron chi connectivity index (χ4n) is 5.26. The van der Waals surface area contributed by atoms with Crippen molar-refractivity contribution < 1.29 is 13.2 Å². The first-order valence-electron chi connectivity index (χ1n) is 13.8. The summed E-state index contributed by atoms with van der Waals surface area (Å²) in [6, 6.07) is 1.56. The van der Waals surface area contributed by atoms with E-state index in [0.717, 1.165) is 37.7 Å². The molecule has 35 heavy (non-hydrogen) atoms. The van der Waals surface area contributed by atoms with E-state index in [1.54, 1.807) is 18.5 Å². The van der Waals surface area contributed by atoms with Gasteiger partial charge in [-0.1, -0.05) is 85.0 Å². The van der Waals surface area contributed by atoms with Gasteiger partial charge in [0.2, 0.25) is 5.95 Å². The smallest absolute Gasteiger partial charge is 0.235 e. The van der Waals surface area contributed by atoms with Gasteiger partial charge >= 0.3 is 0 Å². The second-order valence-electron chi connectivity index (χ2n) is 10.5. The molecule has 0 saturated heterocycles. The van der Waals surface area contributed by atoms with Gasteiger partial charge in [-0.3, -0.25) is 0 Å². The summed E-state index contributed by atoms with van der Waals surface area (Å²) in [6.45, 7) is 6.58. The highest BCUT2D eigenvalue weighted by Crippen LogP contribution is 2.47. The normalized spacial score (nSPS) is 17.8. The maximum absolute atomic E-state index is 15.3. The zero-order chi connectivity index (χ0) is 25.3. The molecule has 0 saturated carbocycles. The first-order valence-corrected chi connectivity index (χ1v) is 13.8. The summed E-state index contributed by atoms with van der Waals surface area (Å²) in [4.78, 5) is 12.6. The third-order valence-electron chi connectivity index (χ3n) is 7.39. The topological polar surface area (TPSA) is 38.7 Å². The average molecular weight is 490 g/mol. The van der Waals surface area contributed by atoms with Gasteiger partial charge in [0.05, 0.1) is 5.56 Å². The van der Waals surface area contributed by atoms with Gasteiger partial charge in [0.25, 0.3) is 5.92 Å². The number of pyridine rings is 1. The number of halogens is 3. The third kappa shape index (κ3) is 7.50. The number of aryl methyl sites for hydroxylation is 1. The lowest BCUT2D eigenvalue weighted by atomic mass is 9.78. The molecule has 2 unspecified atom stereocenters. The molecular formula is C29H42F3N3. The summed E-state index contributed by atoms with van der Waals surface area (Å²) in [7, 11) is 0. The van der Waals surface area contributed by atoms with Crippen LogP contribution in [0.5, 0.6) is 0 Å². The third-order valence-corrected chi connectivity index (χ3v) is 7.39. The summed E-state index contributed by atoms with van der Waals surface area (Å²) in [5.41, 5.74) is 1.08. The molecule has 0 N–H and O–H groups in total. The molecule has 0 radical (unpaired) electrons. The Morgan fingerprint density at radius 2 is 1.63 bits per heavy atom. The zero-order valence-electron chi connectivity index (χ0n) is 21.8. The van der Waals surface area contributed by atoms with Crippen molar-refractivity contribution in [1.29, 1.82) is 0 Å². The van der Waals surface area contributed by atoms with E-state index in [2.05, 4.69) is 35.7 Å². The van der Waals surface area contributed by atoms with Crippen molar-refractivity contribution in [3.63, 3.8) is 0 Å². The Kier molecular flexibility index (Phi) is 10.5. The minimum atomic E-state index is -3.19. The lowest BCUT2D eigenvalue weighted by Gasteiger charge is -2.33. The fourth-order valence-corrected chi connectivity index (χ4v) is 5.26. The number of nitrogens with zero attached hydrogens (tertiary/aromatic N) is 3. The van der Waals surface area contributed by atoms with E-state index < -0.39 is 23.4 Å². The Hall–Kier alpha value is -1.98. The molecule has 6 heteroatoms. The lowest BCUT2D eigenvalue weighted by Crippen LogP contribution is -2.33. The minimum Gasteiger partial charge on any atom is -0.235 e. The van der Waals surface area contributed by atoms with E-state index in [-0.39, 0.29) is 11.5 Å². The second-order valence-corrected chi connectivity index (χ2v) is 10.5. The van der Waals surface area contributed by atoms with E-state index in [9.17, 15) is 4.39 Å². The van der Waals surface area contributed by atoms with Gasteiger partial charge in [0.1, 0.15) is 5.69 Å². The zero-order valence-corrected chi connectivity index (χ0v) is 21.8. The molecule has 2 heterocycles. The van der Waals surface area contributed by atoms with Crippen molar-refractivity contribution in [1.82, 2.24) is 15.0 Å². The highest BCUT2D eigenvalue weighted by atomic mass is 19.3. The number of aromatic nitrogens is 3. The maximum Gasteiger partial charge on any atom is 0.280 e. The van der Waals surface area contributed by atoms with Gasteiger partial charge in [-0.2, -0.15) is 4.39 Å². The summed E-state index contributed by atoms with van der Waals surface area (Å²) in [5.74, 6) is -4.26. The van der Waals surface area contributed by atoms with Crippen molar-refractivity contribution in [2.45, 2.75) is 117 Å². The molecule has 3 nitrogen and oxygen atoms in total. The van der Waals surface area contributed by atoms with Crippen LogP contribution in [-0.4, -0.2) is 15.0 Å². The number of unbranched alkanes of at least 4 members (excludes halogenated alkanes) is 7. The van der Waals surface area contributed by atoms with Crippen molar-refractivity contribution in [2.75, 3.05) is 0 Å². The fraction of sp³-hybridized carbons (Fsp3) is 0.690. The van der Waals surface area contributed by atoms with Gasteiger partial charge in [-0.15, -0.1) is 0 Å². The van der Waals surface area contributed by atoms with Crippen LogP contribution in [0, 0.1) is 17.8 Å². The van der Waals surface area contributed by atoms with Crippen LogP contribution in [0.15, 0.2) is 18.5 Å². The van der Waals surface area contributed by atoms with Crippen molar-refractivity contribution in [3.8, 4) is 11.5 Å². The Morgan fingerprint density at radius 1 is 0.971 bits per heavy atom. The molecule has 1 aliphatic carbocycles. The van der Waals surface area contributed by atoms with Crippen LogP contribution >= 0.6 is 0 Å². The van der Waals surface area contributed by atoms with E-state index in [1.807, 2.05) is 0 Å². The Labute approximate surface area is 209 Å². The SMILES string of the molecule is CCCCCCCCCC1CCc2cc(-c3ncc(CC(C)CCCC)cn3)nc(F)c2C1(F)F. The Balaban J connectivity index is 1.64. The van der Waals surface area contributed by atoms with Gasteiger partial charge in [-0.25, -0.2) is 23.7 Å². The second kappa shape index (κ2) is 13.4. The van der Waals surface area contributed by atoms with Crippen molar-refractivity contribution in [3.05, 3.63) is 41.1 Å². The largest absolute Gasteiger partial charge is 0.280 e. The first-order chi connectivity index (χ1) is 16.9. The summed E-state index contributed by atoms with van der Waals surface area (Å²) in [6.07, 6.45) is 16.8. The van der Waals surface area contributed by atoms with E-state index in [4.69, 9.17) is 0 Å². The van der Waals surface area contributed by atoms with Gasteiger partial charge < -0.3 is 0 Å². The van der Waals surface area contributed by atoms with Crippen molar-refractivity contribution >= 4 is 0 Å². The number of fused-ring (bicyclic) bond motifs is 1. The maximum atomic E-state index is 15.3. The molecule has 194 valence electrons. The quantitative estimate of drug-likeness (QED) is 0.196. The predicted octanol–water partition coefficient (Wildman–Crippen LogP) is 8.84. The predicted molar refractivity (Wildman–Crippen MR) is 136 cm³/mol. The van der Waals surface area contributed by atoms with Crippen LogP contribution in [0.3, 0.4) is 0 Å². The first kappa shape index (κ1) is 27.6. The molecule has 0 aliphatic heterocycles. The Morgan fingerprint density at radius 3 is 2.31 bits per heavy atom. The van der Waals surface area contributed by atoms with Crippen LogP contribution in [0.1, 0.15) is 115 Å². The molecule has 0 amide bonds. The van der Waals surface area contributed by atoms with E-state index in [0.29, 0.717) is 30.7 Å². The van der Waals surface area contributed by atoms with Crippen LogP contribution < -0.4 is 0 Å². The summed E-state index contributed by atoms with van der Waals surface area (Å²) >= 11 is 0. The summed E-state index contributed by atoms with van der Waals surface area (Å²) < 4.78 is 45.5. The number of hydrogen-bond acceptors (Lipinski definition) is 3. The highest BCUT2D eigenvalue weighted by Gasteiger charge is 2.47. The number of alkyl halides is 2. The van der Waals surface area contributed by atoms with Crippen LogP contribution in [0.25, 0.3) is 11.5 Å². The molecule has 2 aromatic heterocycles. The van der Waals surface area contributed by atoms with Gasteiger partial charge in [-0.05, 0) is 48.8 Å². The molecule has 0 aromatic carbocycles. The molecule has 0 bridgehead atoms. The highest BCUT2D eigenvalue weighted by molar-refractivity contribution is 5.53. The lowest BCUT2D eigenvalue weighted by molar-refractivity contribution is -0.0824. The van der Waals surface area contributed by atoms with E-state index >= 15 is 8.78 Å². The molecular weight excluding hydrogens is 447 g/mol. The number of hydrogen-bond donors (Lipinski definition) is 0. The van der Waals surface area contributed by atoms with Crippen LogP contribution in [0.4, 0.5) is 13.2 Å². The van der Waals surface area contributed by atoms with Crippen molar-refractivity contribution in [2.24, 2.45) is 11.8 Å². The van der Waals surface area contributed by atoms with Gasteiger partial charge in [0, 0.05) is 18.3 Å². The van der Waals surface area contributed by atoms with Crippen LogP contribution in [-0.2, 0) is 18.8 Å². The summed E-state index contributed by atoms with van der Waals surface area (Å²) in [5, 5.41) is 0. The van der Waals surface area contributed by atoms with Crippen LogP contribution in [0.2, 0.25) is 0 Å². The molecule has 2 aromatic rings. The molecule has 0 fully saturated rings. The number of rotatable bonds is 14. The minimum absolute atomic E-state index is 0.230. The monoisotopic (exact) mass is 489 g/mol. The van der Waals surface area contributed by atoms with E-state index in [1.165, 1.54) is 38.5 Å². The Bertz CT molecular complexity index is 914. The average Bonchev–Trinajstić information content (AvgIpc) is 2.83.